The molecule has 0 unspecified atom stereocenters. The summed E-state index contributed by atoms with van der Waals surface area (Å²) in [6.07, 6.45) is 0.954. The van der Waals surface area contributed by atoms with Crippen LogP contribution in [0.4, 0.5) is 16.0 Å². The molecule has 0 bridgehead atoms. The van der Waals surface area contributed by atoms with Gasteiger partial charge < -0.3 is 4.98 Å². The van der Waals surface area contributed by atoms with E-state index in [1.54, 1.807) is 0 Å². The van der Waals surface area contributed by atoms with Gasteiger partial charge in [0.1, 0.15) is 12.4 Å². The van der Waals surface area contributed by atoms with Gasteiger partial charge in [0.25, 0.3) is 0 Å². The van der Waals surface area contributed by atoms with Crippen LogP contribution in [0, 0.1) is 12.7 Å². The molecule has 0 atom stereocenters. The van der Waals surface area contributed by atoms with E-state index < -0.39 is 28.3 Å². The fourth-order valence-electron chi connectivity index (χ4n) is 2.57. The van der Waals surface area contributed by atoms with Gasteiger partial charge in [0.15, 0.2) is 0 Å². The van der Waals surface area contributed by atoms with E-state index >= 15 is 0 Å². The number of nitrogens with one attached hydrogen (secondary N) is 2. The minimum atomic E-state index is -3.78. The SMILES string of the molecule is Cc1cccc2[nH]c(NC(=O)CN(c3cccc(F)c3)S(C)(=O)=O)nc12. The first-order chi connectivity index (χ1) is 12.2. The number of rotatable bonds is 5. The zero-order valence-corrected chi connectivity index (χ0v) is 15.0. The number of sulfonamides is 1. The average Bonchev–Trinajstić information content (AvgIpc) is 2.95. The van der Waals surface area contributed by atoms with Crippen molar-refractivity contribution in [2.24, 2.45) is 0 Å². The van der Waals surface area contributed by atoms with Gasteiger partial charge in [-0.25, -0.2) is 17.8 Å². The standard InChI is InChI=1S/C17H17FN4O3S/c1-11-5-3-8-14-16(11)21-17(19-14)20-15(23)10-22(26(2,24)25)13-7-4-6-12(18)9-13/h3-9H,10H2,1-2H3,(H2,19,20,21,23). The highest BCUT2D eigenvalue weighted by atomic mass is 32.2. The second kappa shape index (κ2) is 6.75. The number of imidazole rings is 1. The molecule has 0 aliphatic rings. The fourth-order valence-corrected chi connectivity index (χ4v) is 3.42. The molecule has 2 aromatic carbocycles. The number of halogens is 1. The number of carbonyl (C=O) groups excluding carboxylic acids is 1. The summed E-state index contributed by atoms with van der Waals surface area (Å²) in [6.45, 7) is 1.39. The predicted molar refractivity (Wildman–Crippen MR) is 98.1 cm³/mol. The first kappa shape index (κ1) is 17.9. The molecule has 0 aliphatic carbocycles. The van der Waals surface area contributed by atoms with Crippen LogP contribution in [0.3, 0.4) is 0 Å². The lowest BCUT2D eigenvalue weighted by Gasteiger charge is -2.21. The quantitative estimate of drug-likeness (QED) is 0.715. The van der Waals surface area contributed by atoms with Crippen molar-refractivity contribution in [1.82, 2.24) is 9.97 Å². The molecule has 7 nitrogen and oxygen atoms in total. The van der Waals surface area contributed by atoms with Crippen molar-refractivity contribution in [3.05, 3.63) is 53.8 Å². The van der Waals surface area contributed by atoms with Crippen LogP contribution in [0.25, 0.3) is 11.0 Å². The van der Waals surface area contributed by atoms with Crippen molar-refractivity contribution < 1.29 is 17.6 Å². The Labute approximate surface area is 149 Å². The van der Waals surface area contributed by atoms with E-state index in [9.17, 15) is 17.6 Å². The maximum atomic E-state index is 13.4. The number of carbonyl (C=O) groups is 1. The van der Waals surface area contributed by atoms with Gasteiger partial charge in [-0.05, 0) is 36.8 Å². The Kier molecular flexibility index (Phi) is 4.64. The number of nitrogens with zero attached hydrogens (tertiary/aromatic N) is 2. The number of aromatic amines is 1. The molecule has 136 valence electrons. The largest absolute Gasteiger partial charge is 0.324 e. The normalized spacial score (nSPS) is 11.5. The van der Waals surface area contributed by atoms with E-state index in [1.807, 2.05) is 25.1 Å². The zero-order valence-electron chi connectivity index (χ0n) is 14.2. The van der Waals surface area contributed by atoms with Gasteiger partial charge in [0, 0.05) is 0 Å². The first-order valence-corrected chi connectivity index (χ1v) is 9.57. The Bertz CT molecular complexity index is 1080. The molecule has 0 aliphatic heterocycles. The van der Waals surface area contributed by atoms with Crippen molar-refractivity contribution in [3.8, 4) is 0 Å². The molecule has 0 spiro atoms. The number of fused-ring (bicyclic) bond motifs is 1. The third-order valence-corrected chi connectivity index (χ3v) is 4.90. The van der Waals surface area contributed by atoms with Gasteiger partial charge in [0.2, 0.25) is 21.9 Å². The van der Waals surface area contributed by atoms with Crippen LogP contribution < -0.4 is 9.62 Å². The van der Waals surface area contributed by atoms with E-state index in [-0.39, 0.29) is 11.6 Å². The third-order valence-electron chi connectivity index (χ3n) is 3.76. The molecule has 1 aromatic heterocycles. The molecule has 3 aromatic rings. The van der Waals surface area contributed by atoms with Gasteiger partial charge in [-0.1, -0.05) is 18.2 Å². The number of aryl methyl sites for hydroxylation is 1. The first-order valence-electron chi connectivity index (χ1n) is 7.72. The number of amides is 1. The van der Waals surface area contributed by atoms with Gasteiger partial charge in [0.05, 0.1) is 23.0 Å². The van der Waals surface area contributed by atoms with Crippen molar-refractivity contribution in [2.75, 3.05) is 22.4 Å². The van der Waals surface area contributed by atoms with Crippen LogP contribution in [0.15, 0.2) is 42.5 Å². The molecular formula is C17H17FN4O3S. The molecule has 2 N–H and O–H groups in total. The third kappa shape index (κ3) is 3.83. The van der Waals surface area contributed by atoms with Crippen LogP contribution in [0.2, 0.25) is 0 Å². The van der Waals surface area contributed by atoms with Crippen molar-refractivity contribution in [1.29, 1.82) is 0 Å². The summed E-state index contributed by atoms with van der Waals surface area (Å²) in [4.78, 5) is 19.6. The van der Waals surface area contributed by atoms with E-state index in [2.05, 4.69) is 15.3 Å². The average molecular weight is 376 g/mol. The van der Waals surface area contributed by atoms with E-state index in [0.717, 1.165) is 27.7 Å². The second-order valence-corrected chi connectivity index (χ2v) is 7.76. The Morgan fingerprint density at radius 1 is 1.27 bits per heavy atom. The minimum Gasteiger partial charge on any atom is -0.324 e. The van der Waals surface area contributed by atoms with E-state index in [0.29, 0.717) is 5.52 Å². The van der Waals surface area contributed by atoms with Crippen LogP contribution >= 0.6 is 0 Å². The summed E-state index contributed by atoms with van der Waals surface area (Å²) >= 11 is 0. The zero-order chi connectivity index (χ0) is 18.9. The summed E-state index contributed by atoms with van der Waals surface area (Å²) in [7, 11) is -3.78. The number of aromatic nitrogens is 2. The van der Waals surface area contributed by atoms with E-state index in [4.69, 9.17) is 0 Å². The number of H-pyrrole nitrogens is 1. The number of anilines is 2. The van der Waals surface area contributed by atoms with Crippen molar-refractivity contribution in [2.45, 2.75) is 6.92 Å². The molecule has 1 heterocycles. The summed E-state index contributed by atoms with van der Waals surface area (Å²) in [5.74, 6) is -0.979. The second-order valence-electron chi connectivity index (χ2n) is 5.85. The monoisotopic (exact) mass is 376 g/mol. The highest BCUT2D eigenvalue weighted by Crippen LogP contribution is 2.20. The minimum absolute atomic E-state index is 0.0723. The Balaban J connectivity index is 1.82. The lowest BCUT2D eigenvalue weighted by atomic mass is 10.2. The Hall–Kier alpha value is -2.94. The smallest absolute Gasteiger partial charge is 0.247 e. The summed E-state index contributed by atoms with van der Waals surface area (Å²) in [5.41, 5.74) is 2.48. The fraction of sp³-hybridized carbons (Fsp3) is 0.176. The molecule has 1 amide bonds. The maximum absolute atomic E-state index is 13.4. The molecule has 0 fully saturated rings. The molecule has 9 heteroatoms. The Morgan fingerprint density at radius 3 is 2.65 bits per heavy atom. The van der Waals surface area contributed by atoms with Gasteiger partial charge in [-0.2, -0.15) is 0 Å². The van der Waals surface area contributed by atoms with Crippen LogP contribution in [-0.4, -0.2) is 37.1 Å². The Morgan fingerprint density at radius 2 is 2.00 bits per heavy atom. The summed E-state index contributed by atoms with van der Waals surface area (Å²) < 4.78 is 38.3. The van der Waals surface area contributed by atoms with Crippen LogP contribution in [0.1, 0.15) is 5.56 Å². The molecule has 0 saturated carbocycles. The van der Waals surface area contributed by atoms with Gasteiger partial charge in [-0.15, -0.1) is 0 Å². The lowest BCUT2D eigenvalue weighted by molar-refractivity contribution is -0.114. The maximum Gasteiger partial charge on any atom is 0.247 e. The number of para-hydroxylation sites is 1. The predicted octanol–water partition coefficient (Wildman–Crippen LogP) is 2.42. The van der Waals surface area contributed by atoms with Crippen molar-refractivity contribution >= 4 is 38.6 Å². The topological polar surface area (TPSA) is 95.2 Å². The van der Waals surface area contributed by atoms with Gasteiger partial charge >= 0.3 is 0 Å². The van der Waals surface area contributed by atoms with Crippen LogP contribution in [-0.2, 0) is 14.8 Å². The van der Waals surface area contributed by atoms with E-state index in [1.165, 1.54) is 18.2 Å². The lowest BCUT2D eigenvalue weighted by Crippen LogP contribution is -2.37. The summed E-state index contributed by atoms with van der Waals surface area (Å²) in [5, 5.41) is 2.54. The van der Waals surface area contributed by atoms with Crippen molar-refractivity contribution in [3.63, 3.8) is 0 Å². The molecule has 0 radical (unpaired) electrons. The highest BCUT2D eigenvalue weighted by molar-refractivity contribution is 7.92. The number of benzene rings is 2. The summed E-state index contributed by atoms with van der Waals surface area (Å²) in [6, 6.07) is 10.6. The number of hydrogen-bond donors (Lipinski definition) is 2. The molecule has 3 rings (SSSR count). The molecule has 26 heavy (non-hydrogen) atoms. The van der Waals surface area contributed by atoms with Crippen LogP contribution in [0.5, 0.6) is 0 Å². The molecule has 0 saturated heterocycles. The molecular weight excluding hydrogens is 359 g/mol. The number of hydrogen-bond acceptors (Lipinski definition) is 4. The highest BCUT2D eigenvalue weighted by Gasteiger charge is 2.22. The van der Waals surface area contributed by atoms with Gasteiger partial charge in [-0.3, -0.25) is 14.4 Å².